The van der Waals surface area contributed by atoms with E-state index in [1.165, 1.54) is 11.1 Å². The normalized spacial score (nSPS) is 10.4. The van der Waals surface area contributed by atoms with Gasteiger partial charge in [-0.15, -0.1) is 0 Å². The molecule has 3 aromatic carbocycles. The molecule has 22 heavy (non-hydrogen) atoms. The van der Waals surface area contributed by atoms with Crippen molar-refractivity contribution in [3.05, 3.63) is 72.3 Å². The van der Waals surface area contributed by atoms with Crippen molar-refractivity contribution in [2.75, 3.05) is 11.5 Å². The Morgan fingerprint density at radius 2 is 1.14 bits per heavy atom. The number of nitrogens with two attached hydrogens (primary N) is 2. The Balaban J connectivity index is 1.80. The Labute approximate surface area is 130 Å². The number of rotatable bonds is 3. The number of anilines is 2. The maximum atomic E-state index is 5.79. The molecule has 0 aliphatic carbocycles. The van der Waals surface area contributed by atoms with E-state index in [2.05, 4.69) is 31.2 Å². The van der Waals surface area contributed by atoms with E-state index in [0.29, 0.717) is 17.1 Å². The van der Waals surface area contributed by atoms with Crippen LogP contribution in [0.1, 0.15) is 5.56 Å². The summed E-state index contributed by atoms with van der Waals surface area (Å²) >= 11 is 0. The monoisotopic (exact) mass is 290 g/mol. The van der Waals surface area contributed by atoms with E-state index < -0.39 is 0 Å². The van der Waals surface area contributed by atoms with Crippen molar-refractivity contribution in [1.29, 1.82) is 0 Å². The summed E-state index contributed by atoms with van der Waals surface area (Å²) in [6.45, 7) is 2.08. The predicted octanol–water partition coefficient (Wildman–Crippen LogP) is 4.62. The van der Waals surface area contributed by atoms with Crippen molar-refractivity contribution in [3.63, 3.8) is 0 Å². The van der Waals surface area contributed by atoms with Gasteiger partial charge in [-0.05, 0) is 36.2 Å². The third-order valence-electron chi connectivity index (χ3n) is 3.43. The van der Waals surface area contributed by atoms with Crippen LogP contribution in [-0.4, -0.2) is 0 Å². The Bertz CT molecular complexity index is 757. The molecule has 0 spiro atoms. The molecule has 3 nitrogen and oxygen atoms in total. The Hall–Kier alpha value is -2.94. The Morgan fingerprint density at radius 1 is 0.636 bits per heavy atom. The van der Waals surface area contributed by atoms with E-state index in [1.807, 2.05) is 24.3 Å². The summed E-state index contributed by atoms with van der Waals surface area (Å²) in [5.74, 6) is 1.39. The van der Waals surface area contributed by atoms with Crippen molar-refractivity contribution in [3.8, 4) is 22.6 Å². The summed E-state index contributed by atoms with van der Waals surface area (Å²) in [6, 6.07) is 21.6. The third kappa shape index (κ3) is 3.20. The molecule has 0 aliphatic heterocycles. The number of ether oxygens (including phenoxy) is 1. The van der Waals surface area contributed by atoms with Crippen LogP contribution >= 0.6 is 0 Å². The highest BCUT2D eigenvalue weighted by atomic mass is 16.5. The highest BCUT2D eigenvalue weighted by Gasteiger charge is 2.02. The molecule has 3 heteroatoms. The second-order valence-corrected chi connectivity index (χ2v) is 5.33. The minimum Gasteiger partial charge on any atom is -0.457 e. The molecule has 0 aliphatic rings. The van der Waals surface area contributed by atoms with E-state index in [9.17, 15) is 0 Å². The van der Waals surface area contributed by atoms with Crippen molar-refractivity contribution >= 4 is 11.4 Å². The van der Waals surface area contributed by atoms with Crippen molar-refractivity contribution in [2.24, 2.45) is 0 Å². The summed E-state index contributed by atoms with van der Waals surface area (Å²) in [4.78, 5) is 0. The van der Waals surface area contributed by atoms with Crippen molar-refractivity contribution in [1.82, 2.24) is 0 Å². The standard InChI is InChI=1S/C19H18N2O/c1-13-2-4-14(5-3-13)15-6-8-18(9-7-15)22-19-11-16(20)10-17(21)12-19/h2-12H,20-21H2,1H3. The first-order valence-electron chi connectivity index (χ1n) is 7.11. The van der Waals surface area contributed by atoms with Gasteiger partial charge in [0.25, 0.3) is 0 Å². The zero-order valence-corrected chi connectivity index (χ0v) is 12.4. The first-order chi connectivity index (χ1) is 10.6. The largest absolute Gasteiger partial charge is 0.457 e. The lowest BCUT2D eigenvalue weighted by molar-refractivity contribution is 0.483. The molecule has 0 saturated carbocycles. The number of hydrogen-bond acceptors (Lipinski definition) is 3. The number of benzene rings is 3. The molecule has 0 radical (unpaired) electrons. The minimum atomic E-state index is 0.589. The van der Waals surface area contributed by atoms with E-state index in [0.717, 1.165) is 11.3 Å². The van der Waals surface area contributed by atoms with Crippen LogP contribution in [0.3, 0.4) is 0 Å². The van der Waals surface area contributed by atoms with E-state index in [1.54, 1.807) is 18.2 Å². The molecule has 110 valence electrons. The van der Waals surface area contributed by atoms with Crippen LogP contribution in [0.25, 0.3) is 11.1 Å². The molecule has 3 aromatic rings. The molecule has 0 unspecified atom stereocenters. The van der Waals surface area contributed by atoms with E-state index >= 15 is 0 Å². The molecule has 0 amide bonds. The molecular weight excluding hydrogens is 272 g/mol. The predicted molar refractivity (Wildman–Crippen MR) is 92.0 cm³/mol. The second-order valence-electron chi connectivity index (χ2n) is 5.33. The van der Waals surface area contributed by atoms with Gasteiger partial charge in [-0.3, -0.25) is 0 Å². The second kappa shape index (κ2) is 5.82. The topological polar surface area (TPSA) is 61.3 Å². The molecule has 3 rings (SSSR count). The molecule has 0 atom stereocenters. The van der Waals surface area contributed by atoms with Gasteiger partial charge in [0.2, 0.25) is 0 Å². The Morgan fingerprint density at radius 3 is 1.68 bits per heavy atom. The Kier molecular flexibility index (Phi) is 3.71. The van der Waals surface area contributed by atoms with Crippen LogP contribution in [0.4, 0.5) is 11.4 Å². The molecular formula is C19H18N2O. The highest BCUT2D eigenvalue weighted by molar-refractivity contribution is 5.64. The maximum Gasteiger partial charge on any atom is 0.131 e. The fourth-order valence-electron chi connectivity index (χ4n) is 2.30. The van der Waals surface area contributed by atoms with Gasteiger partial charge in [-0.2, -0.15) is 0 Å². The molecule has 0 saturated heterocycles. The summed E-state index contributed by atoms with van der Waals surface area (Å²) < 4.78 is 5.79. The van der Waals surface area contributed by atoms with Gasteiger partial charge in [-0.1, -0.05) is 42.0 Å². The summed E-state index contributed by atoms with van der Waals surface area (Å²) in [7, 11) is 0. The van der Waals surface area contributed by atoms with Gasteiger partial charge in [0.1, 0.15) is 11.5 Å². The first kappa shape index (κ1) is 14.0. The van der Waals surface area contributed by atoms with Crippen LogP contribution < -0.4 is 16.2 Å². The van der Waals surface area contributed by atoms with Gasteiger partial charge in [0, 0.05) is 23.5 Å². The molecule has 0 bridgehead atoms. The van der Waals surface area contributed by atoms with E-state index in [-0.39, 0.29) is 0 Å². The lowest BCUT2D eigenvalue weighted by Crippen LogP contribution is -1.92. The number of hydrogen-bond donors (Lipinski definition) is 2. The lowest BCUT2D eigenvalue weighted by Gasteiger charge is -2.09. The van der Waals surface area contributed by atoms with Crippen LogP contribution in [0.15, 0.2) is 66.7 Å². The van der Waals surface area contributed by atoms with Crippen LogP contribution in [-0.2, 0) is 0 Å². The van der Waals surface area contributed by atoms with Crippen LogP contribution in [0, 0.1) is 6.92 Å². The van der Waals surface area contributed by atoms with Gasteiger partial charge < -0.3 is 16.2 Å². The molecule has 4 N–H and O–H groups in total. The van der Waals surface area contributed by atoms with Crippen LogP contribution in [0.5, 0.6) is 11.5 Å². The maximum absolute atomic E-state index is 5.79. The van der Waals surface area contributed by atoms with Gasteiger partial charge >= 0.3 is 0 Å². The first-order valence-corrected chi connectivity index (χ1v) is 7.11. The summed E-state index contributed by atoms with van der Waals surface area (Å²) in [6.07, 6.45) is 0. The summed E-state index contributed by atoms with van der Waals surface area (Å²) in [5.41, 5.74) is 16.3. The van der Waals surface area contributed by atoms with Crippen LogP contribution in [0.2, 0.25) is 0 Å². The quantitative estimate of drug-likeness (QED) is 0.692. The smallest absolute Gasteiger partial charge is 0.131 e. The number of nitrogen functional groups attached to an aromatic ring is 2. The zero-order valence-electron chi connectivity index (χ0n) is 12.4. The number of aryl methyl sites for hydroxylation is 1. The fraction of sp³-hybridized carbons (Fsp3) is 0.0526. The third-order valence-corrected chi connectivity index (χ3v) is 3.43. The van der Waals surface area contributed by atoms with Crippen molar-refractivity contribution < 1.29 is 4.74 Å². The van der Waals surface area contributed by atoms with Gasteiger partial charge in [-0.25, -0.2) is 0 Å². The molecule has 0 fully saturated rings. The average molecular weight is 290 g/mol. The SMILES string of the molecule is Cc1ccc(-c2ccc(Oc3cc(N)cc(N)c3)cc2)cc1. The van der Waals surface area contributed by atoms with Crippen molar-refractivity contribution in [2.45, 2.75) is 6.92 Å². The lowest BCUT2D eigenvalue weighted by atomic mass is 10.0. The van der Waals surface area contributed by atoms with E-state index in [4.69, 9.17) is 16.2 Å². The molecule has 0 heterocycles. The minimum absolute atomic E-state index is 0.589. The molecule has 0 aromatic heterocycles. The van der Waals surface area contributed by atoms with Gasteiger partial charge in [0.05, 0.1) is 0 Å². The summed E-state index contributed by atoms with van der Waals surface area (Å²) in [5, 5.41) is 0. The van der Waals surface area contributed by atoms with Gasteiger partial charge in [0.15, 0.2) is 0 Å². The fourth-order valence-corrected chi connectivity index (χ4v) is 2.30. The zero-order chi connectivity index (χ0) is 15.5. The average Bonchev–Trinajstić information content (AvgIpc) is 2.48. The highest BCUT2D eigenvalue weighted by Crippen LogP contribution is 2.28.